The number of hydrogen-bond donors (Lipinski definition) is 3. The fraction of sp³-hybridized carbons (Fsp3) is 0.474. The van der Waals surface area contributed by atoms with Crippen molar-refractivity contribution < 1.29 is 14.3 Å². The Hall–Kier alpha value is -2.34. The van der Waals surface area contributed by atoms with Gasteiger partial charge in [0, 0.05) is 18.5 Å². The predicted octanol–water partition coefficient (Wildman–Crippen LogP) is 2.65. The van der Waals surface area contributed by atoms with Gasteiger partial charge in [0.15, 0.2) is 0 Å². The molecule has 1 atom stereocenters. The number of benzene rings is 1. The van der Waals surface area contributed by atoms with Crippen LogP contribution >= 0.6 is 0 Å². The maximum atomic E-state index is 12.0. The molecule has 0 spiro atoms. The first kappa shape index (κ1) is 17.5. The lowest BCUT2D eigenvalue weighted by Crippen LogP contribution is -2.54. The fourth-order valence-electron chi connectivity index (χ4n) is 2.85. The predicted molar refractivity (Wildman–Crippen MR) is 95.1 cm³/mol. The van der Waals surface area contributed by atoms with Crippen LogP contribution in [0.25, 0.3) is 11.5 Å². The van der Waals surface area contributed by atoms with Crippen molar-refractivity contribution in [2.24, 2.45) is 5.92 Å². The molecular weight excluding hydrogens is 318 g/mol. The maximum absolute atomic E-state index is 12.0. The van der Waals surface area contributed by atoms with Gasteiger partial charge in [0.25, 0.3) is 0 Å². The minimum atomic E-state index is -0.531. The summed E-state index contributed by atoms with van der Waals surface area (Å²) in [4.78, 5) is 16.5. The van der Waals surface area contributed by atoms with Crippen LogP contribution < -0.4 is 10.6 Å². The summed E-state index contributed by atoms with van der Waals surface area (Å²) in [6.45, 7) is 4.33. The van der Waals surface area contributed by atoms with Gasteiger partial charge in [-0.25, -0.2) is 9.78 Å². The largest absolute Gasteiger partial charge is 0.444 e. The Morgan fingerprint density at radius 2 is 2.08 bits per heavy atom. The molecule has 3 N–H and O–H groups in total. The number of nitrogens with one attached hydrogen (secondary N) is 2. The molecule has 6 nitrogen and oxygen atoms in total. The van der Waals surface area contributed by atoms with E-state index in [1.807, 2.05) is 38.1 Å². The summed E-state index contributed by atoms with van der Waals surface area (Å²) in [7, 11) is 0. The zero-order valence-corrected chi connectivity index (χ0v) is 14.7. The summed E-state index contributed by atoms with van der Waals surface area (Å²) in [6, 6.07) is 7.73. The molecule has 0 aliphatic heterocycles. The Labute approximate surface area is 147 Å². The van der Waals surface area contributed by atoms with Crippen molar-refractivity contribution in [2.45, 2.75) is 38.6 Å². The lowest BCUT2D eigenvalue weighted by Gasteiger charge is -2.28. The van der Waals surface area contributed by atoms with Crippen LogP contribution in [0.1, 0.15) is 31.0 Å². The highest BCUT2D eigenvalue weighted by Gasteiger charge is 2.42. The molecule has 1 fully saturated rings. The molecule has 0 radical (unpaired) electrons. The molecular formula is C19H25N3O3. The van der Waals surface area contributed by atoms with Crippen molar-refractivity contribution in [1.82, 2.24) is 15.6 Å². The van der Waals surface area contributed by atoms with Gasteiger partial charge in [-0.15, -0.1) is 0 Å². The van der Waals surface area contributed by atoms with E-state index >= 15 is 0 Å². The number of amides is 2. The molecule has 1 unspecified atom stereocenters. The number of nitrogens with zero attached hydrogens (tertiary/aromatic N) is 1. The van der Waals surface area contributed by atoms with Crippen LogP contribution in [0.5, 0.6) is 0 Å². The van der Waals surface area contributed by atoms with E-state index in [1.165, 1.54) is 5.56 Å². The van der Waals surface area contributed by atoms with Gasteiger partial charge in [0.1, 0.15) is 6.26 Å². The molecule has 2 aromatic rings. The number of aliphatic hydroxyl groups excluding tert-OH is 1. The van der Waals surface area contributed by atoms with Gasteiger partial charge in [-0.3, -0.25) is 0 Å². The standard InChI is InChI=1S/C19H25N3O3/c1-13-3-5-14(6-4-13)17-21-16(11-25-17)9-10-20-18(24)22-19(2,12-23)15-7-8-15/h3-6,11,15,23H,7-10,12H2,1-2H3,(H2,20,22,24). The number of rotatable bonds is 7. The smallest absolute Gasteiger partial charge is 0.315 e. The minimum absolute atomic E-state index is 0.0473. The SMILES string of the molecule is Cc1ccc(-c2nc(CCNC(=O)NC(C)(CO)C3CC3)co2)cc1. The van der Waals surface area contributed by atoms with E-state index < -0.39 is 5.54 Å². The van der Waals surface area contributed by atoms with Crippen LogP contribution in [0, 0.1) is 12.8 Å². The monoisotopic (exact) mass is 343 g/mol. The molecule has 6 heteroatoms. The number of carbonyl (C=O) groups is 1. The lowest BCUT2D eigenvalue weighted by atomic mass is 9.97. The third kappa shape index (κ3) is 4.39. The zero-order valence-electron chi connectivity index (χ0n) is 14.7. The van der Waals surface area contributed by atoms with Crippen molar-refractivity contribution in [3.63, 3.8) is 0 Å². The maximum Gasteiger partial charge on any atom is 0.315 e. The number of carbonyl (C=O) groups excluding carboxylic acids is 1. The van der Waals surface area contributed by atoms with Crippen molar-refractivity contribution in [1.29, 1.82) is 0 Å². The molecule has 1 aliphatic carbocycles. The Morgan fingerprint density at radius 1 is 1.36 bits per heavy atom. The minimum Gasteiger partial charge on any atom is -0.444 e. The van der Waals surface area contributed by atoms with Gasteiger partial charge in [-0.1, -0.05) is 17.7 Å². The van der Waals surface area contributed by atoms with Gasteiger partial charge in [-0.05, 0) is 44.7 Å². The Kier molecular flexibility index (Phi) is 5.08. The van der Waals surface area contributed by atoms with Crippen LogP contribution in [-0.4, -0.2) is 34.8 Å². The second-order valence-corrected chi connectivity index (χ2v) is 6.99. The average molecular weight is 343 g/mol. The van der Waals surface area contributed by atoms with Gasteiger partial charge >= 0.3 is 6.03 Å². The van der Waals surface area contributed by atoms with Crippen LogP contribution in [0.15, 0.2) is 34.9 Å². The normalized spacial score (nSPS) is 16.3. The second-order valence-electron chi connectivity index (χ2n) is 6.99. The van der Waals surface area contributed by atoms with Gasteiger partial charge in [0.05, 0.1) is 17.8 Å². The molecule has 1 aliphatic rings. The molecule has 0 saturated heterocycles. The quantitative estimate of drug-likeness (QED) is 0.721. The first-order valence-electron chi connectivity index (χ1n) is 8.68. The van der Waals surface area contributed by atoms with Crippen molar-refractivity contribution in [3.05, 3.63) is 41.8 Å². The third-order valence-corrected chi connectivity index (χ3v) is 4.72. The molecule has 25 heavy (non-hydrogen) atoms. The summed E-state index contributed by atoms with van der Waals surface area (Å²) < 4.78 is 5.51. The molecule has 2 amide bonds. The Morgan fingerprint density at radius 3 is 2.72 bits per heavy atom. The third-order valence-electron chi connectivity index (χ3n) is 4.72. The average Bonchev–Trinajstić information content (AvgIpc) is 3.36. The summed E-state index contributed by atoms with van der Waals surface area (Å²) in [5, 5.41) is 15.2. The molecule has 134 valence electrons. The van der Waals surface area contributed by atoms with Crippen molar-refractivity contribution >= 4 is 6.03 Å². The number of aryl methyl sites for hydroxylation is 1. The van der Waals surface area contributed by atoms with E-state index in [-0.39, 0.29) is 12.6 Å². The van der Waals surface area contributed by atoms with Crippen LogP contribution in [0.4, 0.5) is 4.79 Å². The zero-order chi connectivity index (χ0) is 17.9. The number of aromatic nitrogens is 1. The summed E-state index contributed by atoms with van der Waals surface area (Å²) in [5.74, 6) is 0.955. The number of urea groups is 1. The highest BCUT2D eigenvalue weighted by atomic mass is 16.3. The summed E-state index contributed by atoms with van der Waals surface area (Å²) in [6.07, 6.45) is 4.31. The van der Waals surface area contributed by atoms with E-state index in [0.717, 1.165) is 24.1 Å². The summed E-state index contributed by atoms with van der Waals surface area (Å²) >= 11 is 0. The summed E-state index contributed by atoms with van der Waals surface area (Å²) in [5.41, 5.74) is 2.39. The van der Waals surface area contributed by atoms with E-state index in [9.17, 15) is 9.90 Å². The van der Waals surface area contributed by atoms with Crippen molar-refractivity contribution in [3.8, 4) is 11.5 Å². The first-order chi connectivity index (χ1) is 12.0. The van der Waals surface area contributed by atoms with E-state index in [1.54, 1.807) is 6.26 Å². The van der Waals surface area contributed by atoms with Crippen LogP contribution in [0.2, 0.25) is 0 Å². The van der Waals surface area contributed by atoms with Crippen LogP contribution in [-0.2, 0) is 6.42 Å². The highest BCUT2D eigenvalue weighted by Crippen LogP contribution is 2.39. The van der Waals surface area contributed by atoms with E-state index in [0.29, 0.717) is 24.8 Å². The van der Waals surface area contributed by atoms with Gasteiger partial charge < -0.3 is 20.2 Å². The molecule has 0 bridgehead atoms. The highest BCUT2D eigenvalue weighted by molar-refractivity contribution is 5.74. The number of oxazole rings is 1. The molecule has 1 saturated carbocycles. The Balaban J connectivity index is 1.47. The van der Waals surface area contributed by atoms with E-state index in [2.05, 4.69) is 15.6 Å². The topological polar surface area (TPSA) is 87.4 Å². The first-order valence-corrected chi connectivity index (χ1v) is 8.68. The van der Waals surface area contributed by atoms with Gasteiger partial charge in [-0.2, -0.15) is 0 Å². The molecule has 1 heterocycles. The Bertz CT molecular complexity index is 722. The molecule has 1 aromatic carbocycles. The van der Waals surface area contributed by atoms with Crippen molar-refractivity contribution in [2.75, 3.05) is 13.2 Å². The van der Waals surface area contributed by atoms with E-state index in [4.69, 9.17) is 4.42 Å². The van der Waals surface area contributed by atoms with Crippen LogP contribution in [0.3, 0.4) is 0 Å². The number of aliphatic hydroxyl groups is 1. The molecule has 1 aromatic heterocycles. The van der Waals surface area contributed by atoms with Gasteiger partial charge in [0.2, 0.25) is 5.89 Å². The number of hydrogen-bond acceptors (Lipinski definition) is 4. The lowest BCUT2D eigenvalue weighted by molar-refractivity contribution is 0.155. The fourth-order valence-corrected chi connectivity index (χ4v) is 2.85. The second kappa shape index (κ2) is 7.27. The molecule has 3 rings (SSSR count).